The van der Waals surface area contributed by atoms with E-state index < -0.39 is 17.8 Å². The number of methoxy groups -OCH3 is 1. The van der Waals surface area contributed by atoms with Crippen molar-refractivity contribution in [2.24, 2.45) is 0 Å². The molecule has 1 saturated heterocycles. The highest BCUT2D eigenvalue weighted by molar-refractivity contribution is 6.39. The minimum atomic E-state index is -0.782. The number of hydrogen-bond acceptors (Lipinski definition) is 4. The summed E-state index contributed by atoms with van der Waals surface area (Å²) in [5, 5.41) is 2.72. The first-order chi connectivity index (χ1) is 17.1. The van der Waals surface area contributed by atoms with Crippen LogP contribution in [0.2, 0.25) is 5.02 Å². The van der Waals surface area contributed by atoms with E-state index in [0.717, 1.165) is 38.3 Å². The quantitative estimate of drug-likeness (QED) is 0.351. The fourth-order valence-electron chi connectivity index (χ4n) is 4.46. The summed E-state index contributed by atoms with van der Waals surface area (Å²) in [5.74, 6) is -0.924. The van der Waals surface area contributed by atoms with Crippen LogP contribution in [0.4, 0.5) is 10.5 Å². The van der Waals surface area contributed by atoms with Crippen molar-refractivity contribution >= 4 is 41.2 Å². The summed E-state index contributed by atoms with van der Waals surface area (Å²) in [5.41, 5.74) is 6.68. The molecule has 0 saturated carbocycles. The van der Waals surface area contributed by atoms with E-state index in [1.54, 1.807) is 31.4 Å². The van der Waals surface area contributed by atoms with Gasteiger partial charge in [0.15, 0.2) is 0 Å². The second-order valence-corrected chi connectivity index (χ2v) is 9.44. The highest BCUT2D eigenvalue weighted by atomic mass is 35.5. The van der Waals surface area contributed by atoms with Crippen molar-refractivity contribution in [3.05, 3.63) is 98.1 Å². The lowest BCUT2D eigenvalue weighted by Gasteiger charge is -2.28. The predicted octanol–water partition coefficient (Wildman–Crippen LogP) is 5.84. The zero-order valence-electron chi connectivity index (χ0n) is 20.9. The fraction of sp³-hybridized carbons (Fsp3) is 0.207. The predicted molar refractivity (Wildman–Crippen MR) is 142 cm³/mol. The average Bonchev–Trinajstić information content (AvgIpc) is 2.80. The molecule has 1 heterocycles. The van der Waals surface area contributed by atoms with Gasteiger partial charge in [0.1, 0.15) is 11.3 Å². The Morgan fingerprint density at radius 3 is 2.33 bits per heavy atom. The Morgan fingerprint density at radius 2 is 1.67 bits per heavy atom. The summed E-state index contributed by atoms with van der Waals surface area (Å²) >= 11 is 6.66. The van der Waals surface area contributed by atoms with Crippen LogP contribution in [0.15, 0.2) is 54.1 Å². The lowest BCUT2D eigenvalue weighted by atomic mass is 9.98. The number of carbonyl (C=O) groups excluding carboxylic acids is 3. The second kappa shape index (κ2) is 9.99. The van der Waals surface area contributed by atoms with Crippen LogP contribution in [0.3, 0.4) is 0 Å². The number of barbiturate groups is 1. The molecular formula is C29H27ClN2O4. The van der Waals surface area contributed by atoms with Crippen molar-refractivity contribution in [2.75, 3.05) is 12.0 Å². The van der Waals surface area contributed by atoms with Gasteiger partial charge in [-0.1, -0.05) is 53.1 Å². The zero-order chi connectivity index (χ0) is 26.1. The van der Waals surface area contributed by atoms with Gasteiger partial charge in [0, 0.05) is 17.0 Å². The first kappa shape index (κ1) is 25.2. The maximum atomic E-state index is 13.3. The SMILES string of the molecule is COc1cc(/C=C2\C(=O)NC(=O)N(c3cccc(C)c3C)C2=O)cc(Cl)c1Cc1cc(C)cc(C)c1. The number of aryl methyl sites for hydroxylation is 3. The molecule has 0 radical (unpaired) electrons. The molecule has 0 aromatic heterocycles. The molecule has 184 valence electrons. The molecule has 0 aliphatic carbocycles. The number of benzene rings is 3. The third-order valence-electron chi connectivity index (χ3n) is 6.29. The molecule has 0 unspecified atom stereocenters. The van der Waals surface area contributed by atoms with Gasteiger partial charge >= 0.3 is 6.03 Å². The minimum Gasteiger partial charge on any atom is -0.496 e. The summed E-state index contributed by atoms with van der Waals surface area (Å²) < 4.78 is 5.62. The molecule has 0 atom stereocenters. The molecule has 1 N–H and O–H groups in total. The van der Waals surface area contributed by atoms with E-state index in [1.807, 2.05) is 33.8 Å². The van der Waals surface area contributed by atoms with Crippen LogP contribution in [-0.4, -0.2) is 25.0 Å². The maximum Gasteiger partial charge on any atom is 0.335 e. The third-order valence-corrected chi connectivity index (χ3v) is 6.63. The minimum absolute atomic E-state index is 0.171. The number of anilines is 1. The first-order valence-electron chi connectivity index (χ1n) is 11.5. The van der Waals surface area contributed by atoms with Gasteiger partial charge in [0.2, 0.25) is 0 Å². The zero-order valence-corrected chi connectivity index (χ0v) is 21.6. The summed E-state index contributed by atoms with van der Waals surface area (Å²) in [6.45, 7) is 7.80. The number of imide groups is 2. The second-order valence-electron chi connectivity index (χ2n) is 9.03. The molecule has 3 aromatic rings. The molecule has 7 heteroatoms. The number of amides is 4. The van der Waals surface area contributed by atoms with Crippen molar-refractivity contribution in [2.45, 2.75) is 34.1 Å². The van der Waals surface area contributed by atoms with Crippen LogP contribution in [0.5, 0.6) is 5.75 Å². The topological polar surface area (TPSA) is 75.7 Å². The van der Waals surface area contributed by atoms with Crippen LogP contribution in [-0.2, 0) is 16.0 Å². The monoisotopic (exact) mass is 502 g/mol. The standard InChI is InChI=1S/C29H27ClN2O4/c1-16-9-17(2)11-20(10-16)12-22-24(30)14-21(15-26(22)36-5)13-23-27(33)31-29(35)32(28(23)34)25-8-6-7-18(3)19(25)4/h6-11,13-15H,12H2,1-5H3,(H,31,33,35)/b23-13+. The van der Waals surface area contributed by atoms with Crippen molar-refractivity contribution in [1.29, 1.82) is 0 Å². The molecule has 3 aromatic carbocycles. The molecule has 6 nitrogen and oxygen atoms in total. The normalized spacial score (nSPS) is 14.9. The van der Waals surface area contributed by atoms with E-state index >= 15 is 0 Å². The number of rotatable bonds is 5. The largest absolute Gasteiger partial charge is 0.496 e. The fourth-order valence-corrected chi connectivity index (χ4v) is 4.75. The highest BCUT2D eigenvalue weighted by Gasteiger charge is 2.37. The van der Waals surface area contributed by atoms with Gasteiger partial charge in [0.25, 0.3) is 11.8 Å². The van der Waals surface area contributed by atoms with E-state index in [4.69, 9.17) is 16.3 Å². The van der Waals surface area contributed by atoms with E-state index in [2.05, 4.69) is 23.5 Å². The molecule has 1 aliphatic rings. The number of hydrogen-bond donors (Lipinski definition) is 1. The Hall–Kier alpha value is -3.90. The number of halogens is 1. The molecule has 1 fully saturated rings. The summed E-state index contributed by atoms with van der Waals surface area (Å²) in [4.78, 5) is 39.6. The smallest absolute Gasteiger partial charge is 0.335 e. The van der Waals surface area contributed by atoms with E-state index in [0.29, 0.717) is 28.4 Å². The molecule has 4 rings (SSSR count). The van der Waals surface area contributed by atoms with Crippen LogP contribution in [0.1, 0.15) is 38.9 Å². The van der Waals surface area contributed by atoms with Crippen molar-refractivity contribution < 1.29 is 19.1 Å². The third kappa shape index (κ3) is 4.90. The van der Waals surface area contributed by atoms with Crippen LogP contribution >= 0.6 is 11.6 Å². The Kier molecular flexibility index (Phi) is 7.00. The Bertz CT molecular complexity index is 1420. The first-order valence-corrected chi connectivity index (χ1v) is 11.9. The van der Waals surface area contributed by atoms with Crippen LogP contribution in [0, 0.1) is 27.7 Å². The average molecular weight is 503 g/mol. The Morgan fingerprint density at radius 1 is 0.972 bits per heavy atom. The number of ether oxygens (including phenoxy) is 1. The van der Waals surface area contributed by atoms with Gasteiger partial charge in [-0.05, 0) is 74.2 Å². The van der Waals surface area contributed by atoms with Gasteiger partial charge in [0.05, 0.1) is 12.8 Å². The van der Waals surface area contributed by atoms with Gasteiger partial charge in [-0.2, -0.15) is 0 Å². The number of nitrogens with zero attached hydrogens (tertiary/aromatic N) is 1. The molecule has 36 heavy (non-hydrogen) atoms. The lowest BCUT2D eigenvalue weighted by molar-refractivity contribution is -0.122. The molecular weight excluding hydrogens is 476 g/mol. The van der Waals surface area contributed by atoms with Gasteiger partial charge < -0.3 is 4.74 Å². The summed E-state index contributed by atoms with van der Waals surface area (Å²) in [6, 6.07) is 14.3. The molecule has 4 amide bonds. The van der Waals surface area contributed by atoms with E-state index in [9.17, 15) is 14.4 Å². The summed E-state index contributed by atoms with van der Waals surface area (Å²) in [7, 11) is 1.55. The van der Waals surface area contributed by atoms with Crippen molar-refractivity contribution in [1.82, 2.24) is 5.32 Å². The number of urea groups is 1. The van der Waals surface area contributed by atoms with Crippen LogP contribution < -0.4 is 15.0 Å². The van der Waals surface area contributed by atoms with Crippen molar-refractivity contribution in [3.63, 3.8) is 0 Å². The van der Waals surface area contributed by atoms with Gasteiger partial charge in [-0.3, -0.25) is 14.9 Å². The lowest BCUT2D eigenvalue weighted by Crippen LogP contribution is -2.54. The van der Waals surface area contributed by atoms with E-state index in [-0.39, 0.29) is 5.57 Å². The number of nitrogens with one attached hydrogen (secondary N) is 1. The van der Waals surface area contributed by atoms with Crippen LogP contribution in [0.25, 0.3) is 6.08 Å². The van der Waals surface area contributed by atoms with E-state index in [1.165, 1.54) is 6.08 Å². The van der Waals surface area contributed by atoms with Gasteiger partial charge in [-0.15, -0.1) is 0 Å². The molecule has 0 spiro atoms. The van der Waals surface area contributed by atoms with Crippen molar-refractivity contribution in [3.8, 4) is 5.75 Å². The molecule has 0 bridgehead atoms. The Labute approximate surface area is 215 Å². The highest BCUT2D eigenvalue weighted by Crippen LogP contribution is 2.33. The summed E-state index contributed by atoms with van der Waals surface area (Å²) in [6.07, 6.45) is 1.99. The molecule has 1 aliphatic heterocycles. The van der Waals surface area contributed by atoms with Gasteiger partial charge in [-0.25, -0.2) is 9.69 Å². The number of carbonyl (C=O) groups is 3. The maximum absolute atomic E-state index is 13.3. The Balaban J connectivity index is 1.73.